The summed E-state index contributed by atoms with van der Waals surface area (Å²) in [7, 11) is 0. The summed E-state index contributed by atoms with van der Waals surface area (Å²) in [5.41, 5.74) is 0.0359. The number of piperidine rings is 1. The largest absolute Gasteiger partial charge is 0.444 e. The molecule has 2 fully saturated rings. The van der Waals surface area contributed by atoms with Crippen LogP contribution in [0.15, 0.2) is 18.5 Å². The Labute approximate surface area is 144 Å². The minimum atomic E-state index is -0.410. The first kappa shape index (κ1) is 17.3. The molecule has 1 saturated heterocycles. The molecule has 6 nitrogen and oxygen atoms in total. The predicted octanol–water partition coefficient (Wildman–Crippen LogP) is 2.65. The molecule has 3 rings (SSSR count). The third kappa shape index (κ3) is 4.29. The fraction of sp³-hybridized carbons (Fsp3) is 0.778. The number of aromatic nitrogens is 2. The lowest BCUT2D eigenvalue weighted by Gasteiger charge is -2.52. The van der Waals surface area contributed by atoms with Crippen LogP contribution in [0.25, 0.3) is 0 Å². The van der Waals surface area contributed by atoms with Crippen molar-refractivity contribution >= 4 is 6.09 Å². The molecule has 134 valence electrons. The Hall–Kier alpha value is -1.56. The lowest BCUT2D eigenvalue weighted by Crippen LogP contribution is -2.55. The second kappa shape index (κ2) is 6.75. The van der Waals surface area contributed by atoms with Crippen LogP contribution in [0.4, 0.5) is 4.79 Å². The highest BCUT2D eigenvalue weighted by Gasteiger charge is 2.46. The van der Waals surface area contributed by atoms with Crippen LogP contribution in [-0.4, -0.2) is 52.1 Å². The standard InChI is InChI=1S/C18H30N4O2/c1-17(2,3)24-16(23)21-10-5-18(6-11-21)13-15(14-18)19-8-12-22-9-4-7-20-22/h4,7,9,15,19H,5-6,8,10-14H2,1-3H3. The molecule has 1 aliphatic heterocycles. The molecule has 0 atom stereocenters. The zero-order valence-corrected chi connectivity index (χ0v) is 15.1. The van der Waals surface area contributed by atoms with Gasteiger partial charge in [0.15, 0.2) is 0 Å². The fourth-order valence-electron chi connectivity index (χ4n) is 3.84. The maximum Gasteiger partial charge on any atom is 0.410 e. The zero-order valence-electron chi connectivity index (χ0n) is 15.1. The number of amides is 1. The van der Waals surface area contributed by atoms with E-state index >= 15 is 0 Å². The molecule has 1 N–H and O–H groups in total. The molecular weight excluding hydrogens is 304 g/mol. The highest BCUT2D eigenvalue weighted by atomic mass is 16.6. The Morgan fingerprint density at radius 3 is 2.62 bits per heavy atom. The maximum absolute atomic E-state index is 12.1. The molecule has 24 heavy (non-hydrogen) atoms. The van der Waals surface area contributed by atoms with E-state index in [9.17, 15) is 4.79 Å². The Kier molecular flexibility index (Phi) is 4.85. The second-order valence-corrected chi connectivity index (χ2v) is 8.30. The molecule has 0 radical (unpaired) electrons. The highest BCUT2D eigenvalue weighted by Crippen LogP contribution is 2.49. The van der Waals surface area contributed by atoms with Crippen molar-refractivity contribution in [3.8, 4) is 0 Å². The van der Waals surface area contributed by atoms with E-state index in [1.807, 2.05) is 48.8 Å². The Morgan fingerprint density at radius 1 is 1.33 bits per heavy atom. The fourth-order valence-corrected chi connectivity index (χ4v) is 3.84. The molecule has 1 aliphatic carbocycles. The van der Waals surface area contributed by atoms with Crippen LogP contribution >= 0.6 is 0 Å². The third-order valence-corrected chi connectivity index (χ3v) is 5.17. The number of hydrogen-bond acceptors (Lipinski definition) is 4. The van der Waals surface area contributed by atoms with Crippen molar-refractivity contribution in [3.05, 3.63) is 18.5 Å². The van der Waals surface area contributed by atoms with Crippen molar-refractivity contribution in [1.82, 2.24) is 20.0 Å². The summed E-state index contributed by atoms with van der Waals surface area (Å²) in [6.45, 7) is 9.30. The summed E-state index contributed by atoms with van der Waals surface area (Å²) < 4.78 is 7.43. The first-order valence-corrected chi connectivity index (χ1v) is 9.04. The monoisotopic (exact) mass is 334 g/mol. The Bertz CT molecular complexity index is 534. The summed E-state index contributed by atoms with van der Waals surface area (Å²) in [5, 5.41) is 7.85. The number of nitrogens with one attached hydrogen (secondary N) is 1. The molecule has 1 aromatic heterocycles. The number of ether oxygens (including phenoxy) is 1. The van der Waals surface area contributed by atoms with Gasteiger partial charge in [0.05, 0.1) is 6.54 Å². The summed E-state index contributed by atoms with van der Waals surface area (Å²) in [6, 6.07) is 2.57. The van der Waals surface area contributed by atoms with Crippen molar-refractivity contribution < 1.29 is 9.53 Å². The number of likely N-dealkylation sites (tertiary alicyclic amines) is 1. The first-order chi connectivity index (χ1) is 11.4. The molecule has 1 spiro atoms. The third-order valence-electron chi connectivity index (χ3n) is 5.17. The van der Waals surface area contributed by atoms with E-state index in [1.54, 1.807) is 0 Å². The second-order valence-electron chi connectivity index (χ2n) is 8.30. The summed E-state index contributed by atoms with van der Waals surface area (Å²) in [4.78, 5) is 14.0. The van der Waals surface area contributed by atoms with Gasteiger partial charge in [-0.15, -0.1) is 0 Å². The Morgan fingerprint density at radius 2 is 2.04 bits per heavy atom. The molecule has 2 aliphatic rings. The first-order valence-electron chi connectivity index (χ1n) is 9.04. The van der Waals surface area contributed by atoms with E-state index in [2.05, 4.69) is 10.4 Å². The summed E-state index contributed by atoms with van der Waals surface area (Å²) in [5.74, 6) is 0. The van der Waals surface area contributed by atoms with Gasteiger partial charge in [-0.25, -0.2) is 4.79 Å². The lowest BCUT2D eigenvalue weighted by atomic mass is 9.60. The zero-order chi connectivity index (χ0) is 17.2. The van der Waals surface area contributed by atoms with Crippen LogP contribution in [0.3, 0.4) is 0 Å². The van der Waals surface area contributed by atoms with Gasteiger partial charge in [-0.2, -0.15) is 5.10 Å². The average Bonchev–Trinajstić information content (AvgIpc) is 2.97. The molecular formula is C18H30N4O2. The summed E-state index contributed by atoms with van der Waals surface area (Å²) in [6.07, 6.45) is 8.31. The molecule has 1 amide bonds. The lowest BCUT2D eigenvalue weighted by molar-refractivity contribution is -0.0162. The number of carbonyl (C=O) groups excluding carboxylic acids is 1. The van der Waals surface area contributed by atoms with Gasteiger partial charge in [0, 0.05) is 38.1 Å². The van der Waals surface area contributed by atoms with E-state index in [4.69, 9.17) is 4.74 Å². The Balaban J connectivity index is 1.35. The van der Waals surface area contributed by atoms with Gasteiger partial charge in [0.25, 0.3) is 0 Å². The molecule has 0 unspecified atom stereocenters. The van der Waals surface area contributed by atoms with Gasteiger partial charge in [0.1, 0.15) is 5.60 Å². The van der Waals surface area contributed by atoms with Crippen LogP contribution in [0.1, 0.15) is 46.5 Å². The molecule has 1 aromatic rings. The van der Waals surface area contributed by atoms with Gasteiger partial charge in [-0.05, 0) is 57.9 Å². The SMILES string of the molecule is CC(C)(C)OC(=O)N1CCC2(CC1)CC(NCCn1cccn1)C2. The van der Waals surface area contributed by atoms with Crippen molar-refractivity contribution in [1.29, 1.82) is 0 Å². The number of rotatable bonds is 4. The maximum atomic E-state index is 12.1. The number of hydrogen-bond donors (Lipinski definition) is 1. The van der Waals surface area contributed by atoms with E-state index in [-0.39, 0.29) is 6.09 Å². The minimum Gasteiger partial charge on any atom is -0.444 e. The molecule has 1 saturated carbocycles. The smallest absolute Gasteiger partial charge is 0.410 e. The van der Waals surface area contributed by atoms with Crippen molar-refractivity contribution in [2.75, 3.05) is 19.6 Å². The van der Waals surface area contributed by atoms with E-state index < -0.39 is 5.60 Å². The quantitative estimate of drug-likeness (QED) is 0.920. The topological polar surface area (TPSA) is 59.4 Å². The van der Waals surface area contributed by atoms with Gasteiger partial charge >= 0.3 is 6.09 Å². The molecule has 0 aromatic carbocycles. The van der Waals surface area contributed by atoms with Crippen molar-refractivity contribution in [3.63, 3.8) is 0 Å². The van der Waals surface area contributed by atoms with Gasteiger partial charge in [0.2, 0.25) is 0 Å². The average molecular weight is 334 g/mol. The molecule has 6 heteroatoms. The van der Waals surface area contributed by atoms with Crippen LogP contribution in [0.5, 0.6) is 0 Å². The van der Waals surface area contributed by atoms with Gasteiger partial charge in [-0.3, -0.25) is 4.68 Å². The van der Waals surface area contributed by atoms with Gasteiger partial charge < -0.3 is 15.0 Å². The summed E-state index contributed by atoms with van der Waals surface area (Å²) >= 11 is 0. The van der Waals surface area contributed by atoms with Crippen LogP contribution in [-0.2, 0) is 11.3 Å². The van der Waals surface area contributed by atoms with Crippen molar-refractivity contribution in [2.45, 2.75) is 64.6 Å². The highest BCUT2D eigenvalue weighted by molar-refractivity contribution is 5.68. The van der Waals surface area contributed by atoms with Crippen LogP contribution in [0.2, 0.25) is 0 Å². The normalized spacial score (nSPS) is 20.9. The van der Waals surface area contributed by atoms with E-state index in [0.29, 0.717) is 11.5 Å². The van der Waals surface area contributed by atoms with Crippen molar-refractivity contribution in [2.24, 2.45) is 5.41 Å². The molecule has 0 bridgehead atoms. The predicted molar refractivity (Wildman–Crippen MR) is 92.7 cm³/mol. The number of carbonyl (C=O) groups is 1. The number of nitrogens with zero attached hydrogens (tertiary/aromatic N) is 3. The molecule has 2 heterocycles. The van der Waals surface area contributed by atoms with Gasteiger partial charge in [-0.1, -0.05) is 0 Å². The van der Waals surface area contributed by atoms with Crippen LogP contribution < -0.4 is 5.32 Å². The minimum absolute atomic E-state index is 0.162. The van der Waals surface area contributed by atoms with Crippen LogP contribution in [0, 0.1) is 5.41 Å². The van der Waals surface area contributed by atoms with E-state index in [0.717, 1.165) is 39.0 Å². The van der Waals surface area contributed by atoms with E-state index in [1.165, 1.54) is 12.8 Å².